The van der Waals surface area contributed by atoms with Crippen molar-refractivity contribution in [1.82, 2.24) is 0 Å². The van der Waals surface area contributed by atoms with E-state index in [4.69, 9.17) is 15.2 Å². The van der Waals surface area contributed by atoms with Crippen molar-refractivity contribution in [2.45, 2.75) is 18.8 Å². The molecule has 174 valence electrons. The molecular weight excluding hydrogens is 442 g/mol. The highest BCUT2D eigenvalue weighted by Gasteiger charge is 2.34. The molecule has 5 aromatic carbocycles. The number of aryl methyl sites for hydroxylation is 1. The number of para-hydroxylation sites is 4. The summed E-state index contributed by atoms with van der Waals surface area (Å²) in [7, 11) is 0. The molecule has 0 amide bonds. The Hall–Kier alpha value is -4.50. The third-order valence-corrected chi connectivity index (χ3v) is 7.37. The molecule has 2 aliphatic rings. The second-order valence-corrected chi connectivity index (χ2v) is 9.58. The van der Waals surface area contributed by atoms with Crippen molar-refractivity contribution in [1.29, 1.82) is 0 Å². The van der Waals surface area contributed by atoms with Gasteiger partial charge >= 0.3 is 0 Å². The van der Waals surface area contributed by atoms with Crippen LogP contribution in [0, 0.1) is 6.92 Å². The Balaban J connectivity index is 1.49. The molecule has 0 saturated carbocycles. The lowest BCUT2D eigenvalue weighted by Crippen LogP contribution is -2.17. The number of fused-ring (bicyclic) bond motifs is 4. The van der Waals surface area contributed by atoms with Gasteiger partial charge in [0.2, 0.25) is 0 Å². The standard InChI is InChI=1S/C33H25NO2/c1-20-18-25(31-21-10-2-6-14-27(21)35-28-15-7-3-11-22(28)31)33(34)26(19-20)32-23-12-4-8-16-29(23)36-30-17-9-5-13-24(30)32/h2-19,31-32H,34H2,1H3. The SMILES string of the molecule is Cc1cc(C2c3ccccc3Oc3ccccc32)c(N)c(C2c3ccccc3Oc3ccccc32)c1. The zero-order chi connectivity index (χ0) is 24.2. The highest BCUT2D eigenvalue weighted by molar-refractivity contribution is 5.70. The van der Waals surface area contributed by atoms with E-state index < -0.39 is 0 Å². The van der Waals surface area contributed by atoms with Crippen LogP contribution in [0.3, 0.4) is 0 Å². The van der Waals surface area contributed by atoms with Gasteiger partial charge in [-0.05, 0) is 42.3 Å². The third-order valence-electron chi connectivity index (χ3n) is 7.37. The number of nitrogen functional groups attached to an aromatic ring is 1. The van der Waals surface area contributed by atoms with Gasteiger partial charge in [-0.3, -0.25) is 0 Å². The lowest BCUT2D eigenvalue weighted by molar-refractivity contribution is 0.452. The molecule has 0 aliphatic carbocycles. The summed E-state index contributed by atoms with van der Waals surface area (Å²) in [5.74, 6) is 3.48. The monoisotopic (exact) mass is 467 g/mol. The molecule has 2 heterocycles. The fourth-order valence-electron chi connectivity index (χ4n) is 5.82. The minimum atomic E-state index is -0.0184. The number of hydrogen-bond donors (Lipinski definition) is 1. The van der Waals surface area contributed by atoms with Gasteiger partial charge in [-0.25, -0.2) is 0 Å². The highest BCUT2D eigenvalue weighted by Crippen LogP contribution is 2.52. The van der Waals surface area contributed by atoms with Gasteiger partial charge in [-0.1, -0.05) is 90.5 Å². The van der Waals surface area contributed by atoms with Crippen molar-refractivity contribution < 1.29 is 9.47 Å². The normalized spacial score (nSPS) is 14.0. The van der Waals surface area contributed by atoms with E-state index >= 15 is 0 Å². The van der Waals surface area contributed by atoms with Gasteiger partial charge in [0.25, 0.3) is 0 Å². The first-order valence-corrected chi connectivity index (χ1v) is 12.3. The van der Waals surface area contributed by atoms with Crippen LogP contribution in [-0.4, -0.2) is 0 Å². The summed E-state index contributed by atoms with van der Waals surface area (Å²) in [6.45, 7) is 2.15. The fraction of sp³-hybridized carbons (Fsp3) is 0.0909. The van der Waals surface area contributed by atoms with E-state index in [9.17, 15) is 0 Å². The molecule has 7 rings (SSSR count). The quantitative estimate of drug-likeness (QED) is 0.261. The lowest BCUT2D eigenvalue weighted by atomic mass is 9.76. The van der Waals surface area contributed by atoms with Crippen molar-refractivity contribution in [3.8, 4) is 23.0 Å². The van der Waals surface area contributed by atoms with Gasteiger partial charge in [-0.2, -0.15) is 0 Å². The van der Waals surface area contributed by atoms with Gasteiger partial charge in [-0.15, -0.1) is 0 Å². The molecule has 0 radical (unpaired) electrons. The van der Waals surface area contributed by atoms with Gasteiger partial charge in [0.1, 0.15) is 23.0 Å². The van der Waals surface area contributed by atoms with Crippen LogP contribution in [-0.2, 0) is 0 Å². The summed E-state index contributed by atoms with van der Waals surface area (Å²) in [5.41, 5.74) is 15.9. The number of hydrogen-bond acceptors (Lipinski definition) is 3. The predicted octanol–water partition coefficient (Wildman–Crippen LogP) is 8.15. The van der Waals surface area contributed by atoms with Crippen LogP contribution in [0.15, 0.2) is 109 Å². The minimum absolute atomic E-state index is 0.0184. The Kier molecular flexibility index (Phi) is 4.65. The van der Waals surface area contributed by atoms with E-state index in [-0.39, 0.29) is 11.8 Å². The number of anilines is 1. The molecule has 2 aliphatic heterocycles. The number of rotatable bonds is 2. The maximum atomic E-state index is 7.16. The maximum Gasteiger partial charge on any atom is 0.131 e. The molecule has 0 unspecified atom stereocenters. The number of ether oxygens (including phenoxy) is 2. The Morgan fingerprint density at radius 2 is 0.778 bits per heavy atom. The molecule has 0 saturated heterocycles. The van der Waals surface area contributed by atoms with E-state index in [0.717, 1.165) is 62.1 Å². The number of nitrogens with two attached hydrogens (primary N) is 1. The second-order valence-electron chi connectivity index (χ2n) is 9.58. The predicted molar refractivity (Wildman–Crippen MR) is 143 cm³/mol. The molecule has 5 aromatic rings. The smallest absolute Gasteiger partial charge is 0.131 e. The van der Waals surface area contributed by atoms with Gasteiger partial charge in [0.15, 0.2) is 0 Å². The molecule has 3 heteroatoms. The lowest BCUT2D eigenvalue weighted by Gasteiger charge is -2.33. The Bertz CT molecular complexity index is 1430. The van der Waals surface area contributed by atoms with Crippen LogP contribution >= 0.6 is 0 Å². The van der Waals surface area contributed by atoms with E-state index in [0.29, 0.717) is 0 Å². The first-order valence-electron chi connectivity index (χ1n) is 12.3. The molecule has 3 nitrogen and oxygen atoms in total. The average Bonchev–Trinajstić information content (AvgIpc) is 2.91. The van der Waals surface area contributed by atoms with Crippen molar-refractivity contribution in [2.75, 3.05) is 5.73 Å². The summed E-state index contributed by atoms with van der Waals surface area (Å²) in [6.07, 6.45) is 0. The highest BCUT2D eigenvalue weighted by atomic mass is 16.5. The number of benzene rings is 5. The van der Waals surface area contributed by atoms with Crippen LogP contribution in [0.2, 0.25) is 0 Å². The van der Waals surface area contributed by atoms with Crippen LogP contribution in [0.1, 0.15) is 50.8 Å². The molecular formula is C33H25NO2. The molecule has 0 atom stereocenters. The first-order chi connectivity index (χ1) is 17.7. The molecule has 0 spiro atoms. The minimum Gasteiger partial charge on any atom is -0.457 e. The van der Waals surface area contributed by atoms with E-state index in [2.05, 4.69) is 67.6 Å². The summed E-state index contributed by atoms with van der Waals surface area (Å²) >= 11 is 0. The summed E-state index contributed by atoms with van der Waals surface area (Å²) in [6, 6.07) is 37.6. The molecule has 0 aromatic heterocycles. The Morgan fingerprint density at radius 1 is 0.472 bits per heavy atom. The summed E-state index contributed by atoms with van der Waals surface area (Å²) in [5, 5.41) is 0. The van der Waals surface area contributed by atoms with Crippen LogP contribution in [0.4, 0.5) is 5.69 Å². The molecule has 2 N–H and O–H groups in total. The summed E-state index contributed by atoms with van der Waals surface area (Å²) in [4.78, 5) is 0. The van der Waals surface area contributed by atoms with Crippen LogP contribution in [0.25, 0.3) is 0 Å². The molecule has 0 bridgehead atoms. The van der Waals surface area contributed by atoms with Crippen molar-refractivity contribution >= 4 is 5.69 Å². The zero-order valence-corrected chi connectivity index (χ0v) is 19.9. The molecule has 36 heavy (non-hydrogen) atoms. The average molecular weight is 468 g/mol. The fourth-order valence-corrected chi connectivity index (χ4v) is 5.82. The largest absolute Gasteiger partial charge is 0.457 e. The van der Waals surface area contributed by atoms with Crippen molar-refractivity contribution in [3.05, 3.63) is 148 Å². The Morgan fingerprint density at radius 3 is 1.11 bits per heavy atom. The maximum absolute atomic E-state index is 7.16. The topological polar surface area (TPSA) is 44.5 Å². The third kappa shape index (κ3) is 3.13. The van der Waals surface area contributed by atoms with Gasteiger partial charge in [0.05, 0.1) is 0 Å². The van der Waals surface area contributed by atoms with E-state index in [1.165, 1.54) is 5.56 Å². The van der Waals surface area contributed by atoms with Crippen LogP contribution < -0.4 is 15.2 Å². The Labute approximate surface area is 210 Å². The van der Waals surface area contributed by atoms with Gasteiger partial charge in [0, 0.05) is 39.8 Å². The second kappa shape index (κ2) is 8.03. The zero-order valence-electron chi connectivity index (χ0n) is 19.9. The first kappa shape index (κ1) is 20.8. The van der Waals surface area contributed by atoms with E-state index in [1.54, 1.807) is 0 Å². The summed E-state index contributed by atoms with van der Waals surface area (Å²) < 4.78 is 12.6. The van der Waals surface area contributed by atoms with Crippen molar-refractivity contribution in [2.24, 2.45) is 0 Å². The van der Waals surface area contributed by atoms with Crippen molar-refractivity contribution in [3.63, 3.8) is 0 Å². The van der Waals surface area contributed by atoms with E-state index in [1.807, 2.05) is 48.5 Å². The molecule has 0 fully saturated rings. The van der Waals surface area contributed by atoms with Gasteiger partial charge < -0.3 is 15.2 Å². The van der Waals surface area contributed by atoms with Crippen LogP contribution in [0.5, 0.6) is 23.0 Å².